The van der Waals surface area contributed by atoms with Gasteiger partial charge in [0.05, 0.1) is 17.0 Å². The van der Waals surface area contributed by atoms with E-state index in [2.05, 4.69) is 19.2 Å². The Morgan fingerprint density at radius 3 is 2.47 bits per heavy atom. The summed E-state index contributed by atoms with van der Waals surface area (Å²) in [5.41, 5.74) is 5.21. The number of nitrogens with one attached hydrogen (secondary N) is 1. The van der Waals surface area contributed by atoms with Crippen LogP contribution < -0.4 is 11.1 Å². The average Bonchev–Trinajstić information content (AvgIpc) is 2.88. The Balaban J connectivity index is 2.66. The number of ether oxygens (including phenoxy) is 1. The first kappa shape index (κ1) is 16.4. The summed E-state index contributed by atoms with van der Waals surface area (Å²) in [6.45, 7) is 6.31. The topological polar surface area (TPSA) is 64.3 Å². The van der Waals surface area contributed by atoms with Gasteiger partial charge in [0.2, 0.25) is 5.91 Å². The lowest BCUT2D eigenvalue weighted by atomic mass is 9.78. The molecule has 3 N–H and O–H groups in total. The molecule has 1 aliphatic heterocycles. The molecule has 110 valence electrons. The summed E-state index contributed by atoms with van der Waals surface area (Å²) in [5.74, 6) is 0.423. The second-order valence-corrected chi connectivity index (χ2v) is 5.83. The summed E-state index contributed by atoms with van der Waals surface area (Å²) in [4.78, 5) is 12.9. The number of thiocarbonyl (C=S) groups is 1. The Morgan fingerprint density at radius 1 is 1.42 bits per heavy atom. The van der Waals surface area contributed by atoms with E-state index in [-0.39, 0.29) is 5.91 Å². The molecule has 5 heteroatoms. The SMILES string of the molecule is CCCC(CCC)(C(=O)NCC1CCOC1)C(N)=S. The number of nitrogens with two attached hydrogens (primary N) is 1. The summed E-state index contributed by atoms with van der Waals surface area (Å²) in [6, 6.07) is 0. The van der Waals surface area contributed by atoms with Crippen molar-refractivity contribution in [1.29, 1.82) is 0 Å². The molecule has 1 atom stereocenters. The zero-order valence-corrected chi connectivity index (χ0v) is 12.9. The lowest BCUT2D eigenvalue weighted by Crippen LogP contribution is -2.49. The first-order valence-corrected chi connectivity index (χ1v) is 7.63. The van der Waals surface area contributed by atoms with Crippen molar-refractivity contribution in [3.8, 4) is 0 Å². The zero-order chi connectivity index (χ0) is 14.3. The predicted molar refractivity (Wildman–Crippen MR) is 81.0 cm³/mol. The molecule has 0 aromatic carbocycles. The van der Waals surface area contributed by atoms with Gasteiger partial charge in [-0.15, -0.1) is 0 Å². The first-order chi connectivity index (χ1) is 9.06. The summed E-state index contributed by atoms with van der Waals surface area (Å²) in [6.07, 6.45) is 4.27. The fourth-order valence-electron chi connectivity index (χ4n) is 2.71. The van der Waals surface area contributed by atoms with Gasteiger partial charge in [0.25, 0.3) is 0 Å². The van der Waals surface area contributed by atoms with E-state index in [0.29, 0.717) is 17.5 Å². The Hall–Kier alpha value is -0.680. The van der Waals surface area contributed by atoms with Crippen molar-refractivity contribution >= 4 is 23.1 Å². The Bertz CT molecular complexity index is 309. The Kier molecular flexibility index (Phi) is 6.72. The molecule has 0 saturated carbocycles. The highest BCUT2D eigenvalue weighted by atomic mass is 32.1. The third-order valence-electron chi connectivity index (χ3n) is 3.84. The number of hydrogen-bond acceptors (Lipinski definition) is 3. The number of carbonyl (C=O) groups excluding carboxylic acids is 1. The summed E-state index contributed by atoms with van der Waals surface area (Å²) in [7, 11) is 0. The molecule has 1 saturated heterocycles. The number of carbonyl (C=O) groups is 1. The molecular formula is C14H26N2O2S. The molecule has 1 heterocycles. The molecule has 0 bridgehead atoms. The lowest BCUT2D eigenvalue weighted by Gasteiger charge is -2.31. The van der Waals surface area contributed by atoms with E-state index in [1.807, 2.05) is 0 Å². The molecule has 1 amide bonds. The highest BCUT2D eigenvalue weighted by Crippen LogP contribution is 2.31. The van der Waals surface area contributed by atoms with Crippen molar-refractivity contribution < 1.29 is 9.53 Å². The molecule has 1 rings (SSSR count). The zero-order valence-electron chi connectivity index (χ0n) is 12.0. The van der Waals surface area contributed by atoms with Crippen LogP contribution in [-0.2, 0) is 9.53 Å². The molecule has 0 aliphatic carbocycles. The van der Waals surface area contributed by atoms with Crippen molar-refractivity contribution in [2.45, 2.75) is 46.0 Å². The predicted octanol–water partition coefficient (Wildman–Crippen LogP) is 2.01. The largest absolute Gasteiger partial charge is 0.392 e. The van der Waals surface area contributed by atoms with Gasteiger partial charge in [-0.05, 0) is 19.3 Å². The van der Waals surface area contributed by atoms with E-state index in [9.17, 15) is 4.79 Å². The van der Waals surface area contributed by atoms with Crippen LogP contribution in [0.15, 0.2) is 0 Å². The maximum absolute atomic E-state index is 12.5. The smallest absolute Gasteiger partial charge is 0.233 e. The molecule has 0 radical (unpaired) electrons. The second-order valence-electron chi connectivity index (χ2n) is 5.39. The molecule has 0 spiro atoms. The van der Waals surface area contributed by atoms with Crippen LogP contribution in [0.1, 0.15) is 46.0 Å². The van der Waals surface area contributed by atoms with Crippen LogP contribution >= 0.6 is 12.2 Å². The van der Waals surface area contributed by atoms with Crippen molar-refractivity contribution in [1.82, 2.24) is 5.32 Å². The van der Waals surface area contributed by atoms with Gasteiger partial charge in [0.1, 0.15) is 0 Å². The van der Waals surface area contributed by atoms with E-state index >= 15 is 0 Å². The number of hydrogen-bond donors (Lipinski definition) is 2. The standard InChI is InChI=1S/C14H26N2O2S/c1-3-6-14(7-4-2,12(15)19)13(17)16-9-11-5-8-18-10-11/h11H,3-10H2,1-2H3,(H2,15,19)(H,16,17). The van der Waals surface area contributed by atoms with Gasteiger partial charge in [-0.3, -0.25) is 4.79 Å². The monoisotopic (exact) mass is 286 g/mol. The molecule has 1 aliphatic rings. The van der Waals surface area contributed by atoms with Gasteiger partial charge in [0.15, 0.2) is 0 Å². The normalized spacial score (nSPS) is 19.4. The lowest BCUT2D eigenvalue weighted by molar-refractivity contribution is -0.128. The fourth-order valence-corrected chi connectivity index (χ4v) is 3.01. The Morgan fingerprint density at radius 2 is 2.05 bits per heavy atom. The van der Waals surface area contributed by atoms with E-state index < -0.39 is 5.41 Å². The fraction of sp³-hybridized carbons (Fsp3) is 0.857. The van der Waals surface area contributed by atoms with Crippen LogP contribution in [0.5, 0.6) is 0 Å². The van der Waals surface area contributed by atoms with Gasteiger partial charge in [-0.2, -0.15) is 0 Å². The first-order valence-electron chi connectivity index (χ1n) is 7.22. The van der Waals surface area contributed by atoms with Crippen LogP contribution in [0.3, 0.4) is 0 Å². The van der Waals surface area contributed by atoms with Crippen LogP contribution in [0.2, 0.25) is 0 Å². The van der Waals surface area contributed by atoms with Gasteiger partial charge in [-0.25, -0.2) is 0 Å². The van der Waals surface area contributed by atoms with Gasteiger partial charge < -0.3 is 15.8 Å². The molecule has 19 heavy (non-hydrogen) atoms. The maximum atomic E-state index is 12.5. The van der Waals surface area contributed by atoms with Crippen molar-refractivity contribution in [2.75, 3.05) is 19.8 Å². The van der Waals surface area contributed by atoms with Crippen LogP contribution in [0.25, 0.3) is 0 Å². The minimum Gasteiger partial charge on any atom is -0.392 e. The molecular weight excluding hydrogens is 260 g/mol. The maximum Gasteiger partial charge on any atom is 0.233 e. The molecule has 1 unspecified atom stereocenters. The van der Waals surface area contributed by atoms with Crippen LogP contribution in [-0.4, -0.2) is 30.7 Å². The van der Waals surface area contributed by atoms with Gasteiger partial charge in [0, 0.05) is 19.1 Å². The Labute approximate surface area is 121 Å². The average molecular weight is 286 g/mol. The number of rotatable bonds is 8. The highest BCUT2D eigenvalue weighted by molar-refractivity contribution is 7.80. The molecule has 0 aromatic heterocycles. The van der Waals surface area contributed by atoms with E-state index in [0.717, 1.165) is 45.3 Å². The van der Waals surface area contributed by atoms with Crippen molar-refractivity contribution in [3.05, 3.63) is 0 Å². The summed E-state index contributed by atoms with van der Waals surface area (Å²) < 4.78 is 5.32. The third-order valence-corrected chi connectivity index (χ3v) is 4.23. The van der Waals surface area contributed by atoms with Crippen LogP contribution in [0.4, 0.5) is 0 Å². The van der Waals surface area contributed by atoms with E-state index in [1.165, 1.54) is 0 Å². The quantitative estimate of drug-likeness (QED) is 0.670. The summed E-state index contributed by atoms with van der Waals surface area (Å²) >= 11 is 5.18. The number of amides is 1. The third kappa shape index (κ3) is 4.14. The highest BCUT2D eigenvalue weighted by Gasteiger charge is 2.39. The minimum absolute atomic E-state index is 0.00407. The summed E-state index contributed by atoms with van der Waals surface area (Å²) in [5, 5.41) is 3.03. The molecule has 1 fully saturated rings. The molecule has 4 nitrogen and oxygen atoms in total. The van der Waals surface area contributed by atoms with Crippen molar-refractivity contribution in [3.63, 3.8) is 0 Å². The van der Waals surface area contributed by atoms with Gasteiger partial charge in [-0.1, -0.05) is 38.9 Å². The van der Waals surface area contributed by atoms with E-state index in [1.54, 1.807) is 0 Å². The van der Waals surface area contributed by atoms with Crippen LogP contribution in [0, 0.1) is 11.3 Å². The minimum atomic E-state index is -0.668. The van der Waals surface area contributed by atoms with Gasteiger partial charge >= 0.3 is 0 Å². The second kappa shape index (κ2) is 7.80. The van der Waals surface area contributed by atoms with Crippen molar-refractivity contribution in [2.24, 2.45) is 17.1 Å². The molecule has 0 aromatic rings. The van der Waals surface area contributed by atoms with E-state index in [4.69, 9.17) is 22.7 Å².